The van der Waals surface area contributed by atoms with Crippen LogP contribution in [0.15, 0.2) is 150 Å². The number of sulfonamides is 2. The number of carbonyl (C=O) groups excluding carboxylic acids is 3. The van der Waals surface area contributed by atoms with Crippen LogP contribution in [0.4, 0.5) is 5.95 Å². The summed E-state index contributed by atoms with van der Waals surface area (Å²) in [6.45, 7) is 8.88. The monoisotopic (exact) mass is 1190 g/mol. The molecule has 2 amide bonds. The lowest BCUT2D eigenvalue weighted by atomic mass is 10.0. The van der Waals surface area contributed by atoms with Gasteiger partial charge in [0.1, 0.15) is 53.6 Å². The molecule has 5 aromatic carbocycles. The maximum Gasteiger partial charge on any atom is 0.339 e. The number of hydrogen-bond donors (Lipinski definition) is 4. The Labute approximate surface area is 488 Å². The van der Waals surface area contributed by atoms with Crippen LogP contribution in [0, 0.1) is 13.8 Å². The first kappa shape index (κ1) is 61.8. The van der Waals surface area contributed by atoms with E-state index in [9.17, 15) is 51.0 Å². The first-order chi connectivity index (χ1) is 40.3. The van der Waals surface area contributed by atoms with Gasteiger partial charge in [-0.05, 0) is 117 Å². The summed E-state index contributed by atoms with van der Waals surface area (Å²) in [6.07, 6.45) is 5.31. The summed E-state index contributed by atoms with van der Waals surface area (Å²) in [5.74, 6) is -2.17. The second-order valence-corrected chi connectivity index (χ2v) is 24.3. The lowest BCUT2D eigenvalue weighted by Crippen LogP contribution is -2.51. The molecule has 0 unspecified atom stereocenters. The Bertz CT molecular complexity index is 3460. The Morgan fingerprint density at radius 1 is 0.607 bits per heavy atom. The van der Waals surface area contributed by atoms with Gasteiger partial charge in [0.15, 0.2) is 0 Å². The van der Waals surface area contributed by atoms with E-state index in [1.54, 1.807) is 109 Å². The fraction of sp³-hybridized carbons (Fsp3) is 0.350. The highest BCUT2D eigenvalue weighted by Gasteiger charge is 2.42. The van der Waals surface area contributed by atoms with Gasteiger partial charge >= 0.3 is 17.9 Å². The molecule has 444 valence electrons. The van der Waals surface area contributed by atoms with Crippen molar-refractivity contribution in [3.05, 3.63) is 168 Å². The number of carboxylic acid groups (broad SMARTS) is 2. The summed E-state index contributed by atoms with van der Waals surface area (Å²) in [7, 11) is -6.59. The summed E-state index contributed by atoms with van der Waals surface area (Å²) < 4.78 is 71.9. The number of benzene rings is 5. The van der Waals surface area contributed by atoms with Crippen molar-refractivity contribution in [1.82, 2.24) is 34.1 Å². The fourth-order valence-electron chi connectivity index (χ4n) is 10.0. The molecule has 4 heterocycles. The van der Waals surface area contributed by atoms with Crippen LogP contribution in [-0.4, -0.2) is 164 Å². The molecule has 24 heteroatoms. The number of aryl methyl sites for hydroxylation is 2. The Morgan fingerprint density at radius 2 is 1.10 bits per heavy atom. The Hall–Kier alpha value is -8.29. The summed E-state index contributed by atoms with van der Waals surface area (Å²) in [6, 6.07) is 30.5. The third-order valence-electron chi connectivity index (χ3n) is 14.6. The molecule has 3 fully saturated rings. The molecule has 3 aliphatic rings. The molecule has 0 aliphatic carbocycles. The average Bonchev–Trinajstić information content (AvgIpc) is 2.61. The van der Waals surface area contributed by atoms with Crippen molar-refractivity contribution in [2.45, 2.75) is 86.3 Å². The highest BCUT2D eigenvalue weighted by atomic mass is 32.2. The van der Waals surface area contributed by atoms with Crippen molar-refractivity contribution >= 4 is 55.7 Å². The minimum atomic E-state index is -3.90. The predicted octanol–water partition coefficient (Wildman–Crippen LogP) is 5.49. The van der Waals surface area contributed by atoms with Gasteiger partial charge in [0.05, 0.1) is 16.9 Å². The van der Waals surface area contributed by atoms with Gasteiger partial charge in [0, 0.05) is 71.0 Å². The molecule has 22 nitrogen and oxygen atoms in total. The van der Waals surface area contributed by atoms with Crippen LogP contribution in [0.2, 0.25) is 0 Å². The summed E-state index contributed by atoms with van der Waals surface area (Å²) in [5.41, 5.74) is 3.24. The van der Waals surface area contributed by atoms with E-state index in [-0.39, 0.29) is 47.0 Å². The van der Waals surface area contributed by atoms with Crippen LogP contribution in [0.25, 0.3) is 0 Å². The number of nitrogens with zero attached hydrogens (tertiary/aromatic N) is 6. The first-order valence-electron chi connectivity index (χ1n) is 27.4. The van der Waals surface area contributed by atoms with Gasteiger partial charge in [-0.3, -0.25) is 14.5 Å². The topological polar surface area (TPSA) is 285 Å². The van der Waals surface area contributed by atoms with E-state index in [1.165, 1.54) is 46.1 Å². The van der Waals surface area contributed by atoms with Crippen molar-refractivity contribution in [3.8, 4) is 17.2 Å². The smallest absolute Gasteiger partial charge is 0.339 e. The number of para-hydroxylation sites is 1. The highest BCUT2D eigenvalue weighted by Crippen LogP contribution is 2.30. The Morgan fingerprint density at radius 3 is 1.60 bits per heavy atom. The number of carboxylic acids is 2. The molecule has 3 saturated heterocycles. The summed E-state index contributed by atoms with van der Waals surface area (Å²) >= 11 is 0. The van der Waals surface area contributed by atoms with Gasteiger partial charge in [-0.15, -0.1) is 0 Å². The molecule has 9 rings (SSSR count). The molecule has 84 heavy (non-hydrogen) atoms. The van der Waals surface area contributed by atoms with E-state index < -0.39 is 73.9 Å². The molecule has 0 radical (unpaired) electrons. The number of piperazine rings is 1. The third-order valence-corrected chi connectivity index (χ3v) is 18.5. The number of hydrogen-bond acceptors (Lipinski definition) is 16. The highest BCUT2D eigenvalue weighted by molar-refractivity contribution is 7.89. The van der Waals surface area contributed by atoms with E-state index in [0.29, 0.717) is 54.9 Å². The van der Waals surface area contributed by atoms with E-state index in [4.69, 9.17) is 14.2 Å². The number of ether oxygens (including phenoxy) is 3. The van der Waals surface area contributed by atoms with Gasteiger partial charge in [0.25, 0.3) is 0 Å². The minimum absolute atomic E-state index is 0.0189. The summed E-state index contributed by atoms with van der Waals surface area (Å²) in [5, 5.41) is 24.4. The molecule has 0 spiro atoms. The molecule has 4 N–H and O–H groups in total. The number of nitrogens with one attached hydrogen (secondary N) is 2. The van der Waals surface area contributed by atoms with E-state index in [1.807, 2.05) is 13.8 Å². The van der Waals surface area contributed by atoms with Gasteiger partial charge in [-0.25, -0.2) is 41.2 Å². The lowest BCUT2D eigenvalue weighted by molar-refractivity contribution is -0.145. The minimum Gasteiger partial charge on any atom is -0.492 e. The fourth-order valence-corrected chi connectivity index (χ4v) is 13.3. The average molecular weight is 1190 g/mol. The van der Waals surface area contributed by atoms with Crippen molar-refractivity contribution < 1.29 is 65.2 Å². The number of carbonyl (C=O) groups is 5. The van der Waals surface area contributed by atoms with Gasteiger partial charge in [0.2, 0.25) is 37.8 Å². The molecule has 3 aliphatic heterocycles. The number of aliphatic carboxylic acids is 1. The van der Waals surface area contributed by atoms with E-state index in [2.05, 4.69) is 30.4 Å². The summed E-state index contributed by atoms with van der Waals surface area (Å²) in [4.78, 5) is 75.8. The number of methoxy groups -OCH3 is 1. The second kappa shape index (κ2) is 28.3. The number of esters is 1. The quantitative estimate of drug-likeness (QED) is 0.0611. The van der Waals surface area contributed by atoms with E-state index in [0.717, 1.165) is 49.8 Å². The number of anilines is 1. The molecule has 4 atom stereocenters. The molecular formula is C60H68N8O14S2. The zero-order chi connectivity index (χ0) is 60.0. The zero-order valence-electron chi connectivity index (χ0n) is 46.8. The normalized spacial score (nSPS) is 17.4. The molecule has 6 aromatic rings. The number of aromatic carboxylic acids is 1. The van der Waals surface area contributed by atoms with Crippen LogP contribution >= 0.6 is 0 Å². The van der Waals surface area contributed by atoms with Crippen LogP contribution < -0.4 is 25.0 Å². The number of rotatable bonds is 22. The van der Waals surface area contributed by atoms with Gasteiger partial charge < -0.3 is 40.0 Å². The van der Waals surface area contributed by atoms with Gasteiger partial charge in [-0.1, -0.05) is 71.8 Å². The largest absolute Gasteiger partial charge is 0.492 e. The van der Waals surface area contributed by atoms with E-state index >= 15 is 0 Å². The predicted molar refractivity (Wildman–Crippen MR) is 310 cm³/mol. The molecule has 0 saturated carbocycles. The zero-order valence-corrected chi connectivity index (χ0v) is 48.4. The maximum absolute atomic E-state index is 13.3. The molecular weight excluding hydrogens is 1120 g/mol. The van der Waals surface area contributed by atoms with Gasteiger partial charge in [-0.2, -0.15) is 8.61 Å². The van der Waals surface area contributed by atoms with Crippen molar-refractivity contribution in [3.63, 3.8) is 0 Å². The molecule has 0 bridgehead atoms. The SMILES string of the molecule is COC(=O)[C@H](Cc1ccc(Oc2ccccc2C(=O)O)cc1)NC(=O)[C@@H]1CCCN1S(=O)(=O)c1ccc(C)cc1.Cc1ccc(S(=O)(=O)N2CCC[C@H]2C(=O)N[C@@H](Cc2ccc(OCCN3CCN(c4ncccn4)CC3)cc2)C(=O)O)cc1. The molecule has 1 aromatic heterocycles. The number of aromatic nitrogens is 2. The third kappa shape index (κ3) is 15.9. The Kier molecular flexibility index (Phi) is 20.8. The Balaban J connectivity index is 0.000000220. The van der Waals surface area contributed by atoms with Crippen LogP contribution in [0.3, 0.4) is 0 Å². The van der Waals surface area contributed by atoms with Crippen molar-refractivity contribution in [2.75, 3.05) is 64.4 Å². The number of amides is 2. The van der Waals surface area contributed by atoms with Crippen molar-refractivity contribution in [1.29, 1.82) is 0 Å². The maximum atomic E-state index is 13.3. The second-order valence-electron chi connectivity index (χ2n) is 20.5. The lowest BCUT2D eigenvalue weighted by Gasteiger charge is -2.34. The van der Waals surface area contributed by atoms with Crippen LogP contribution in [0.5, 0.6) is 17.2 Å². The standard InChI is InChI=1S/C31H38N6O6S.C29H30N2O8S/c1-23-5-11-26(12-6-23)44(41,42)37-15-2-4-28(37)29(38)34-27(30(39)40)22-24-7-9-25(10-8-24)43-21-20-35-16-18-36(19-17-35)31-32-13-3-14-33-31;1-19-9-15-22(16-10-19)40(36,37)31-17-5-7-25(31)27(32)30-24(29(35)38-2)18-20-11-13-21(14-12-20)39-26-8-4-3-6-23(26)28(33)34/h3,5-14,27-28H,2,4,15-22H2,1H3,(H,34,38)(H,39,40);3-4,6,8-16,24-25H,5,7,17-18H2,1-2H3,(H,30,32)(H,33,34)/t27-,28-;24-,25-/m00/s1. The van der Waals surface area contributed by atoms with Crippen LogP contribution in [-0.2, 0) is 56.8 Å². The first-order valence-corrected chi connectivity index (χ1v) is 30.3. The van der Waals surface area contributed by atoms with Crippen LogP contribution in [0.1, 0.15) is 58.3 Å². The van der Waals surface area contributed by atoms with Crippen molar-refractivity contribution in [2.24, 2.45) is 0 Å².